The van der Waals surface area contributed by atoms with E-state index in [-0.39, 0.29) is 23.8 Å². The molecule has 0 radical (unpaired) electrons. The Morgan fingerprint density at radius 3 is 2.65 bits per heavy atom. The van der Waals surface area contributed by atoms with Gasteiger partial charge in [0.05, 0.1) is 25.0 Å². The molecule has 2 fully saturated rings. The van der Waals surface area contributed by atoms with Gasteiger partial charge in [-0.2, -0.15) is 18.2 Å². The van der Waals surface area contributed by atoms with Crippen LogP contribution in [-0.2, 0) is 10.9 Å². The molecule has 0 atom stereocenters. The van der Waals surface area contributed by atoms with Crippen LogP contribution < -0.4 is 15.4 Å². The third-order valence-corrected chi connectivity index (χ3v) is 4.92. The molecule has 1 saturated carbocycles. The second-order valence-corrected chi connectivity index (χ2v) is 7.26. The van der Waals surface area contributed by atoms with Gasteiger partial charge in [0.2, 0.25) is 5.95 Å². The Balaban J connectivity index is 1.59. The van der Waals surface area contributed by atoms with Crippen molar-refractivity contribution in [1.82, 2.24) is 14.9 Å². The first-order valence-corrected chi connectivity index (χ1v) is 9.92. The predicted octanol–water partition coefficient (Wildman–Crippen LogP) is 3.29. The molecule has 31 heavy (non-hydrogen) atoms. The molecule has 1 aromatic heterocycles. The number of carbonyl (C=O) groups is 1. The average Bonchev–Trinajstić information content (AvgIpc) is 3.58. The summed E-state index contributed by atoms with van der Waals surface area (Å²) < 4.78 is 50.5. The van der Waals surface area contributed by atoms with E-state index in [1.807, 2.05) is 0 Å². The first-order valence-electron chi connectivity index (χ1n) is 9.92. The fraction of sp³-hybridized carbons (Fsp3) is 0.450. The van der Waals surface area contributed by atoms with Crippen molar-refractivity contribution in [2.24, 2.45) is 0 Å². The lowest BCUT2D eigenvalue weighted by Gasteiger charge is -2.27. The van der Waals surface area contributed by atoms with Crippen molar-refractivity contribution in [1.29, 1.82) is 0 Å². The predicted molar refractivity (Wildman–Crippen MR) is 107 cm³/mol. The molecule has 0 unspecified atom stereocenters. The van der Waals surface area contributed by atoms with Crippen molar-refractivity contribution >= 4 is 23.4 Å². The Morgan fingerprint density at radius 2 is 2.00 bits per heavy atom. The number of hydrogen-bond donors (Lipinski definition) is 2. The molecule has 11 heteroatoms. The van der Waals surface area contributed by atoms with E-state index in [1.54, 1.807) is 23.1 Å². The number of rotatable bonds is 6. The minimum Gasteiger partial charge on any atom is -0.488 e. The van der Waals surface area contributed by atoms with Crippen molar-refractivity contribution < 1.29 is 27.4 Å². The fourth-order valence-electron chi connectivity index (χ4n) is 3.13. The number of morpholine rings is 1. The van der Waals surface area contributed by atoms with Crippen LogP contribution in [0.1, 0.15) is 28.8 Å². The van der Waals surface area contributed by atoms with Gasteiger partial charge >= 0.3 is 6.18 Å². The number of halogens is 3. The highest BCUT2D eigenvalue weighted by molar-refractivity contribution is 5.95. The van der Waals surface area contributed by atoms with E-state index in [4.69, 9.17) is 9.47 Å². The highest BCUT2D eigenvalue weighted by Crippen LogP contribution is 2.36. The van der Waals surface area contributed by atoms with E-state index < -0.39 is 11.7 Å². The van der Waals surface area contributed by atoms with Gasteiger partial charge < -0.3 is 25.0 Å². The fourth-order valence-corrected chi connectivity index (χ4v) is 3.13. The molecule has 1 amide bonds. The summed E-state index contributed by atoms with van der Waals surface area (Å²) in [5, 5.41) is 5.35. The summed E-state index contributed by atoms with van der Waals surface area (Å²) in [5.41, 5.74) is -0.0268. The standard InChI is InChI=1S/C20H22F3N5O3/c1-24-17-14(20(21,22)23)11-25-19(27-17)26-15-5-2-12(10-16(15)31-13-3-4-13)18(29)28-6-8-30-9-7-28/h2,5,10-11,13H,3-4,6-9H2,1H3,(H2,24,25,26,27). The number of ether oxygens (including phenoxy) is 2. The smallest absolute Gasteiger partial charge is 0.421 e. The molecule has 2 N–H and O–H groups in total. The monoisotopic (exact) mass is 437 g/mol. The van der Waals surface area contributed by atoms with E-state index in [0.29, 0.717) is 43.3 Å². The van der Waals surface area contributed by atoms with E-state index >= 15 is 0 Å². The SMILES string of the molecule is CNc1nc(Nc2ccc(C(=O)N3CCOCC3)cc2OC2CC2)ncc1C(F)(F)F. The van der Waals surface area contributed by atoms with Gasteiger partial charge in [-0.05, 0) is 31.0 Å². The lowest BCUT2D eigenvalue weighted by atomic mass is 10.1. The van der Waals surface area contributed by atoms with Gasteiger partial charge in [0.15, 0.2) is 0 Å². The zero-order valence-corrected chi connectivity index (χ0v) is 16.8. The van der Waals surface area contributed by atoms with Crippen LogP contribution in [0.25, 0.3) is 0 Å². The van der Waals surface area contributed by atoms with E-state index in [2.05, 4.69) is 20.6 Å². The van der Waals surface area contributed by atoms with Crippen molar-refractivity contribution in [3.05, 3.63) is 35.5 Å². The Morgan fingerprint density at radius 1 is 1.26 bits per heavy atom. The number of benzene rings is 1. The zero-order chi connectivity index (χ0) is 22.0. The van der Waals surface area contributed by atoms with Crippen molar-refractivity contribution in [3.63, 3.8) is 0 Å². The minimum atomic E-state index is -4.57. The molecule has 2 aromatic rings. The normalized spacial score (nSPS) is 16.7. The first-order chi connectivity index (χ1) is 14.8. The van der Waals surface area contributed by atoms with Crippen LogP contribution in [0.2, 0.25) is 0 Å². The maximum atomic E-state index is 13.1. The molecule has 8 nitrogen and oxygen atoms in total. The zero-order valence-electron chi connectivity index (χ0n) is 16.8. The Labute approximate surface area is 176 Å². The minimum absolute atomic E-state index is 0.0229. The molecule has 1 saturated heterocycles. The molecule has 4 rings (SSSR count). The number of nitrogens with zero attached hydrogens (tertiary/aromatic N) is 3. The lowest BCUT2D eigenvalue weighted by molar-refractivity contribution is -0.137. The van der Waals surface area contributed by atoms with E-state index in [0.717, 1.165) is 19.0 Å². The summed E-state index contributed by atoms with van der Waals surface area (Å²) in [6.07, 6.45) is -1.99. The van der Waals surface area contributed by atoms with Crippen LogP contribution in [0.3, 0.4) is 0 Å². The highest BCUT2D eigenvalue weighted by atomic mass is 19.4. The van der Waals surface area contributed by atoms with Crippen molar-refractivity contribution in [2.45, 2.75) is 25.1 Å². The Bertz CT molecular complexity index is 960. The van der Waals surface area contributed by atoms with Crippen molar-refractivity contribution in [3.8, 4) is 5.75 Å². The van der Waals surface area contributed by atoms with Crippen LogP contribution in [0.15, 0.2) is 24.4 Å². The third kappa shape index (κ3) is 4.98. The molecule has 0 spiro atoms. The van der Waals surface area contributed by atoms with Gasteiger partial charge in [-0.1, -0.05) is 0 Å². The molecule has 1 aromatic carbocycles. The number of amides is 1. The summed E-state index contributed by atoms with van der Waals surface area (Å²) in [6.45, 7) is 2.03. The molecule has 1 aliphatic carbocycles. The van der Waals surface area contributed by atoms with Crippen LogP contribution in [0, 0.1) is 0 Å². The number of anilines is 3. The number of nitrogens with one attached hydrogen (secondary N) is 2. The maximum Gasteiger partial charge on any atom is 0.421 e. The molecular formula is C20H22F3N5O3. The second-order valence-electron chi connectivity index (χ2n) is 7.26. The van der Waals surface area contributed by atoms with E-state index in [9.17, 15) is 18.0 Å². The second kappa shape index (κ2) is 8.58. The summed E-state index contributed by atoms with van der Waals surface area (Å²) in [7, 11) is 1.36. The van der Waals surface area contributed by atoms with Gasteiger partial charge in [0, 0.05) is 31.9 Å². The number of hydrogen-bond acceptors (Lipinski definition) is 7. The van der Waals surface area contributed by atoms with Gasteiger partial charge in [-0.3, -0.25) is 4.79 Å². The van der Waals surface area contributed by atoms with Gasteiger partial charge in [0.1, 0.15) is 17.1 Å². The molecule has 0 bridgehead atoms. The molecule has 166 valence electrons. The summed E-state index contributed by atoms with van der Waals surface area (Å²) in [4.78, 5) is 22.2. The van der Waals surface area contributed by atoms with Crippen LogP contribution in [0.5, 0.6) is 5.75 Å². The van der Waals surface area contributed by atoms with Gasteiger partial charge in [-0.25, -0.2) is 4.98 Å². The highest BCUT2D eigenvalue weighted by Gasteiger charge is 2.35. The van der Waals surface area contributed by atoms with Crippen LogP contribution in [0.4, 0.5) is 30.6 Å². The number of carbonyl (C=O) groups excluding carboxylic acids is 1. The Kier molecular flexibility index (Phi) is 5.86. The summed E-state index contributed by atoms with van der Waals surface area (Å²) in [6, 6.07) is 4.93. The molecule has 2 heterocycles. The largest absolute Gasteiger partial charge is 0.488 e. The first kappa shape index (κ1) is 21.2. The quantitative estimate of drug-likeness (QED) is 0.717. The van der Waals surface area contributed by atoms with Crippen molar-refractivity contribution in [2.75, 3.05) is 44.0 Å². The third-order valence-electron chi connectivity index (χ3n) is 4.92. The number of aromatic nitrogens is 2. The van der Waals surface area contributed by atoms with E-state index in [1.165, 1.54) is 7.05 Å². The molecule has 2 aliphatic rings. The molecular weight excluding hydrogens is 415 g/mol. The average molecular weight is 437 g/mol. The number of alkyl halides is 3. The molecule has 1 aliphatic heterocycles. The summed E-state index contributed by atoms with van der Waals surface area (Å²) in [5.74, 6) is -0.0612. The topological polar surface area (TPSA) is 88.6 Å². The van der Waals surface area contributed by atoms with Crippen LogP contribution >= 0.6 is 0 Å². The van der Waals surface area contributed by atoms with Gasteiger partial charge in [-0.15, -0.1) is 0 Å². The Hall–Kier alpha value is -3.08. The summed E-state index contributed by atoms with van der Waals surface area (Å²) >= 11 is 0. The maximum absolute atomic E-state index is 13.1. The van der Waals surface area contributed by atoms with Crippen LogP contribution in [-0.4, -0.2) is 60.2 Å². The van der Waals surface area contributed by atoms with Gasteiger partial charge in [0.25, 0.3) is 5.91 Å². The lowest BCUT2D eigenvalue weighted by Crippen LogP contribution is -2.40.